The summed E-state index contributed by atoms with van der Waals surface area (Å²) in [5.41, 5.74) is 0. The first-order chi connectivity index (χ1) is 5.88. The molecule has 0 spiro atoms. The third-order valence-corrected chi connectivity index (χ3v) is 2.36. The summed E-state index contributed by atoms with van der Waals surface area (Å²) < 4.78 is 5.28. The zero-order valence-corrected chi connectivity index (χ0v) is 7.83. The maximum absolute atomic E-state index is 9.04. The molecule has 0 aromatic heterocycles. The number of hydrogen-bond acceptors (Lipinski definition) is 3. The SMILES string of the molecule is CCCCN1CCOCC1CO. The fraction of sp³-hybridized carbons (Fsp3) is 1.00. The average Bonchev–Trinajstić information content (AvgIpc) is 2.15. The zero-order chi connectivity index (χ0) is 8.81. The molecule has 1 unspecified atom stereocenters. The van der Waals surface area contributed by atoms with Crippen LogP contribution >= 0.6 is 0 Å². The summed E-state index contributed by atoms with van der Waals surface area (Å²) in [5, 5.41) is 9.04. The fourth-order valence-electron chi connectivity index (χ4n) is 1.51. The second-order valence-electron chi connectivity index (χ2n) is 3.30. The van der Waals surface area contributed by atoms with Crippen LogP contribution in [0.15, 0.2) is 0 Å². The van der Waals surface area contributed by atoms with Gasteiger partial charge in [0.05, 0.1) is 25.9 Å². The molecule has 0 radical (unpaired) electrons. The van der Waals surface area contributed by atoms with Crippen LogP contribution in [0.1, 0.15) is 19.8 Å². The van der Waals surface area contributed by atoms with Crippen molar-refractivity contribution in [3.8, 4) is 0 Å². The molecule has 0 bridgehead atoms. The van der Waals surface area contributed by atoms with E-state index in [2.05, 4.69) is 11.8 Å². The molecule has 72 valence electrons. The lowest BCUT2D eigenvalue weighted by Crippen LogP contribution is -2.47. The fourth-order valence-corrected chi connectivity index (χ4v) is 1.51. The maximum Gasteiger partial charge on any atom is 0.0644 e. The Balaban J connectivity index is 2.26. The molecule has 1 fully saturated rings. The van der Waals surface area contributed by atoms with Crippen molar-refractivity contribution in [3.63, 3.8) is 0 Å². The van der Waals surface area contributed by atoms with Crippen LogP contribution in [0.4, 0.5) is 0 Å². The molecule has 0 aliphatic carbocycles. The molecule has 1 aliphatic heterocycles. The predicted octanol–water partition coefficient (Wildman–Crippen LogP) is 0.480. The van der Waals surface area contributed by atoms with E-state index in [0.29, 0.717) is 6.61 Å². The van der Waals surface area contributed by atoms with E-state index in [4.69, 9.17) is 9.84 Å². The van der Waals surface area contributed by atoms with E-state index in [1.54, 1.807) is 0 Å². The molecule has 1 aliphatic rings. The summed E-state index contributed by atoms with van der Waals surface area (Å²) >= 11 is 0. The number of morpholine rings is 1. The van der Waals surface area contributed by atoms with Crippen molar-refractivity contribution >= 4 is 0 Å². The number of unbranched alkanes of at least 4 members (excludes halogenated alkanes) is 1. The van der Waals surface area contributed by atoms with E-state index < -0.39 is 0 Å². The summed E-state index contributed by atoms with van der Waals surface area (Å²) in [4.78, 5) is 2.33. The van der Waals surface area contributed by atoms with Crippen molar-refractivity contribution in [3.05, 3.63) is 0 Å². The number of hydrogen-bond donors (Lipinski definition) is 1. The van der Waals surface area contributed by atoms with Crippen LogP contribution in [0.5, 0.6) is 0 Å². The van der Waals surface area contributed by atoms with E-state index in [-0.39, 0.29) is 12.6 Å². The van der Waals surface area contributed by atoms with Gasteiger partial charge in [0.15, 0.2) is 0 Å². The standard InChI is InChI=1S/C9H19NO2/c1-2-3-4-10-5-6-12-8-9(10)7-11/h9,11H,2-8H2,1H3. The maximum atomic E-state index is 9.04. The molecule has 1 N–H and O–H groups in total. The minimum Gasteiger partial charge on any atom is -0.395 e. The van der Waals surface area contributed by atoms with E-state index >= 15 is 0 Å². The van der Waals surface area contributed by atoms with Crippen LogP contribution in [-0.4, -0.2) is 49.0 Å². The lowest BCUT2D eigenvalue weighted by atomic mass is 10.2. The molecule has 1 saturated heterocycles. The predicted molar refractivity (Wildman–Crippen MR) is 48.2 cm³/mol. The topological polar surface area (TPSA) is 32.7 Å². The lowest BCUT2D eigenvalue weighted by molar-refractivity contribution is -0.0276. The Morgan fingerprint density at radius 1 is 1.58 bits per heavy atom. The highest BCUT2D eigenvalue weighted by Crippen LogP contribution is 2.07. The van der Waals surface area contributed by atoms with E-state index in [0.717, 1.165) is 19.7 Å². The number of rotatable bonds is 4. The average molecular weight is 173 g/mol. The van der Waals surface area contributed by atoms with Gasteiger partial charge in [0.2, 0.25) is 0 Å². The molecule has 0 aromatic carbocycles. The Bertz CT molecular complexity index is 119. The molecular weight excluding hydrogens is 154 g/mol. The molecule has 1 rings (SSSR count). The van der Waals surface area contributed by atoms with Gasteiger partial charge in [-0.05, 0) is 13.0 Å². The first-order valence-electron chi connectivity index (χ1n) is 4.81. The molecule has 3 nitrogen and oxygen atoms in total. The second kappa shape index (κ2) is 5.51. The molecule has 1 atom stereocenters. The Labute approximate surface area is 74.3 Å². The van der Waals surface area contributed by atoms with Crippen LogP contribution in [-0.2, 0) is 4.74 Å². The summed E-state index contributed by atoms with van der Waals surface area (Å²) in [5.74, 6) is 0. The Morgan fingerprint density at radius 3 is 3.08 bits per heavy atom. The molecular formula is C9H19NO2. The smallest absolute Gasteiger partial charge is 0.0644 e. The van der Waals surface area contributed by atoms with E-state index in [1.807, 2.05) is 0 Å². The number of aliphatic hydroxyl groups excluding tert-OH is 1. The van der Waals surface area contributed by atoms with Crippen molar-refractivity contribution in [2.45, 2.75) is 25.8 Å². The number of aliphatic hydroxyl groups is 1. The van der Waals surface area contributed by atoms with Gasteiger partial charge >= 0.3 is 0 Å². The van der Waals surface area contributed by atoms with Gasteiger partial charge < -0.3 is 9.84 Å². The molecule has 0 aromatic rings. The van der Waals surface area contributed by atoms with Gasteiger partial charge in [-0.15, -0.1) is 0 Å². The third-order valence-electron chi connectivity index (χ3n) is 2.36. The third kappa shape index (κ3) is 2.73. The highest BCUT2D eigenvalue weighted by atomic mass is 16.5. The normalized spacial score (nSPS) is 26.0. The monoisotopic (exact) mass is 173 g/mol. The lowest BCUT2D eigenvalue weighted by Gasteiger charge is -2.34. The Morgan fingerprint density at radius 2 is 2.42 bits per heavy atom. The zero-order valence-electron chi connectivity index (χ0n) is 7.83. The van der Waals surface area contributed by atoms with Gasteiger partial charge in [-0.1, -0.05) is 13.3 Å². The van der Waals surface area contributed by atoms with Crippen molar-refractivity contribution < 1.29 is 9.84 Å². The first-order valence-corrected chi connectivity index (χ1v) is 4.81. The highest BCUT2D eigenvalue weighted by Gasteiger charge is 2.20. The molecule has 0 saturated carbocycles. The van der Waals surface area contributed by atoms with Gasteiger partial charge in [-0.3, -0.25) is 4.90 Å². The minimum atomic E-state index is 0.226. The molecule has 12 heavy (non-hydrogen) atoms. The van der Waals surface area contributed by atoms with Crippen LogP contribution < -0.4 is 0 Å². The molecule has 0 amide bonds. The number of ether oxygens (including phenoxy) is 1. The second-order valence-corrected chi connectivity index (χ2v) is 3.30. The summed E-state index contributed by atoms with van der Waals surface area (Å²) in [6.07, 6.45) is 2.44. The molecule has 3 heteroatoms. The minimum absolute atomic E-state index is 0.226. The van der Waals surface area contributed by atoms with Gasteiger partial charge in [0.25, 0.3) is 0 Å². The van der Waals surface area contributed by atoms with Gasteiger partial charge in [-0.25, -0.2) is 0 Å². The number of nitrogens with zero attached hydrogens (tertiary/aromatic N) is 1. The van der Waals surface area contributed by atoms with Gasteiger partial charge in [-0.2, -0.15) is 0 Å². The van der Waals surface area contributed by atoms with Crippen molar-refractivity contribution in [1.82, 2.24) is 4.90 Å². The van der Waals surface area contributed by atoms with Gasteiger partial charge in [0.1, 0.15) is 0 Å². The highest BCUT2D eigenvalue weighted by molar-refractivity contribution is 4.73. The van der Waals surface area contributed by atoms with Crippen molar-refractivity contribution in [1.29, 1.82) is 0 Å². The summed E-state index contributed by atoms with van der Waals surface area (Å²) in [6.45, 7) is 6.01. The van der Waals surface area contributed by atoms with Crippen LogP contribution in [0.3, 0.4) is 0 Å². The quantitative estimate of drug-likeness (QED) is 0.671. The molecule has 1 heterocycles. The van der Waals surface area contributed by atoms with Crippen molar-refractivity contribution in [2.75, 3.05) is 32.9 Å². The van der Waals surface area contributed by atoms with Crippen molar-refractivity contribution in [2.24, 2.45) is 0 Å². The Kier molecular flexibility index (Phi) is 4.58. The summed E-state index contributed by atoms with van der Waals surface area (Å²) in [6, 6.07) is 0.241. The van der Waals surface area contributed by atoms with E-state index in [1.165, 1.54) is 12.8 Å². The summed E-state index contributed by atoms with van der Waals surface area (Å²) in [7, 11) is 0. The van der Waals surface area contributed by atoms with Crippen LogP contribution in [0.2, 0.25) is 0 Å². The first kappa shape index (κ1) is 9.96. The van der Waals surface area contributed by atoms with Crippen LogP contribution in [0.25, 0.3) is 0 Å². The largest absolute Gasteiger partial charge is 0.395 e. The van der Waals surface area contributed by atoms with Gasteiger partial charge in [0, 0.05) is 6.54 Å². The Hall–Kier alpha value is -0.120. The van der Waals surface area contributed by atoms with E-state index in [9.17, 15) is 0 Å². The van der Waals surface area contributed by atoms with Crippen LogP contribution in [0, 0.1) is 0 Å².